The van der Waals surface area contributed by atoms with Crippen LogP contribution in [0, 0.1) is 5.82 Å². The average molecular weight is 529 g/mol. The van der Waals surface area contributed by atoms with Gasteiger partial charge in [0.05, 0.1) is 24.0 Å². The number of hydrogen-bond acceptors (Lipinski definition) is 7. The van der Waals surface area contributed by atoms with E-state index in [0.29, 0.717) is 36.6 Å². The van der Waals surface area contributed by atoms with Gasteiger partial charge in [-0.05, 0) is 42.7 Å². The van der Waals surface area contributed by atoms with Crippen molar-refractivity contribution in [2.45, 2.75) is 31.4 Å². The predicted molar refractivity (Wildman–Crippen MR) is 139 cm³/mol. The molecule has 2 aromatic carbocycles. The summed E-state index contributed by atoms with van der Waals surface area (Å²) in [6, 6.07) is 15.4. The SMILES string of the molecule is O=C(c1ncoc1Cc1ccccc1)N1CCC(O)(Cn2cnc3c(cnn3-c3ccc(F)cc3)c2=O)CC1. The molecule has 1 aliphatic heterocycles. The molecule has 1 saturated heterocycles. The molecule has 1 N–H and O–H groups in total. The zero-order valence-electron chi connectivity index (χ0n) is 20.9. The number of amides is 1. The molecular formula is C28H25FN6O4. The highest BCUT2D eigenvalue weighted by Gasteiger charge is 2.36. The van der Waals surface area contributed by atoms with Crippen LogP contribution in [-0.4, -0.2) is 58.9 Å². The van der Waals surface area contributed by atoms with Gasteiger partial charge in [-0.15, -0.1) is 0 Å². The maximum atomic E-state index is 13.3. The summed E-state index contributed by atoms with van der Waals surface area (Å²) in [6.45, 7) is 0.640. The molecule has 198 valence electrons. The minimum atomic E-state index is -1.19. The summed E-state index contributed by atoms with van der Waals surface area (Å²) >= 11 is 0. The topological polar surface area (TPSA) is 119 Å². The molecule has 6 rings (SSSR count). The van der Waals surface area contributed by atoms with Crippen molar-refractivity contribution >= 4 is 16.9 Å². The van der Waals surface area contributed by atoms with Crippen LogP contribution in [0.25, 0.3) is 16.7 Å². The minimum Gasteiger partial charge on any atom is -0.447 e. The van der Waals surface area contributed by atoms with Crippen molar-refractivity contribution in [3.63, 3.8) is 0 Å². The summed E-state index contributed by atoms with van der Waals surface area (Å²) in [4.78, 5) is 36.6. The van der Waals surface area contributed by atoms with E-state index < -0.39 is 5.60 Å². The predicted octanol–water partition coefficient (Wildman–Crippen LogP) is 2.97. The van der Waals surface area contributed by atoms with Crippen molar-refractivity contribution < 1.29 is 18.7 Å². The lowest BCUT2D eigenvalue weighted by Gasteiger charge is -2.38. The number of aromatic nitrogens is 5. The second-order valence-corrected chi connectivity index (χ2v) is 9.75. The van der Waals surface area contributed by atoms with Crippen LogP contribution in [0.1, 0.15) is 34.7 Å². The number of oxazole rings is 1. The fraction of sp³-hybridized carbons (Fsp3) is 0.250. The Bertz CT molecular complexity index is 1680. The van der Waals surface area contributed by atoms with Gasteiger partial charge in [0, 0.05) is 19.5 Å². The maximum Gasteiger partial charge on any atom is 0.276 e. The Morgan fingerprint density at radius 1 is 1.05 bits per heavy atom. The summed E-state index contributed by atoms with van der Waals surface area (Å²) in [5.74, 6) is -0.121. The van der Waals surface area contributed by atoms with Crippen LogP contribution in [0.2, 0.25) is 0 Å². The zero-order chi connectivity index (χ0) is 27.0. The molecule has 0 saturated carbocycles. The lowest BCUT2D eigenvalue weighted by molar-refractivity contribution is -0.0300. The van der Waals surface area contributed by atoms with Gasteiger partial charge >= 0.3 is 0 Å². The van der Waals surface area contributed by atoms with Gasteiger partial charge in [-0.3, -0.25) is 14.2 Å². The Morgan fingerprint density at radius 2 is 1.79 bits per heavy atom. The molecule has 0 atom stereocenters. The van der Waals surface area contributed by atoms with Crippen molar-refractivity contribution in [3.05, 3.63) is 107 Å². The van der Waals surface area contributed by atoms with Crippen LogP contribution >= 0.6 is 0 Å². The van der Waals surface area contributed by atoms with E-state index in [1.165, 1.54) is 40.3 Å². The second-order valence-electron chi connectivity index (χ2n) is 9.75. The molecule has 10 nitrogen and oxygen atoms in total. The summed E-state index contributed by atoms with van der Waals surface area (Å²) in [7, 11) is 0. The first-order valence-corrected chi connectivity index (χ1v) is 12.6. The van der Waals surface area contributed by atoms with Gasteiger partial charge in [-0.2, -0.15) is 5.10 Å². The molecule has 5 aromatic rings. The third-order valence-corrected chi connectivity index (χ3v) is 7.12. The molecule has 1 amide bonds. The van der Waals surface area contributed by atoms with E-state index in [4.69, 9.17) is 4.42 Å². The Balaban J connectivity index is 1.14. The van der Waals surface area contributed by atoms with Crippen molar-refractivity contribution in [2.24, 2.45) is 0 Å². The van der Waals surface area contributed by atoms with Crippen LogP contribution < -0.4 is 5.56 Å². The van der Waals surface area contributed by atoms with Gasteiger partial charge in [0.15, 0.2) is 17.7 Å². The highest BCUT2D eigenvalue weighted by Crippen LogP contribution is 2.26. The number of benzene rings is 2. The Labute approximate surface area is 222 Å². The highest BCUT2D eigenvalue weighted by molar-refractivity contribution is 5.93. The number of halogens is 1. The number of carbonyl (C=O) groups is 1. The lowest BCUT2D eigenvalue weighted by atomic mass is 9.91. The summed E-state index contributed by atoms with van der Waals surface area (Å²) < 4.78 is 21.6. The number of hydrogen-bond donors (Lipinski definition) is 1. The van der Waals surface area contributed by atoms with Gasteiger partial charge in [-0.1, -0.05) is 30.3 Å². The van der Waals surface area contributed by atoms with Gasteiger partial charge < -0.3 is 14.4 Å². The van der Waals surface area contributed by atoms with Gasteiger partial charge in [0.1, 0.15) is 23.3 Å². The van der Waals surface area contributed by atoms with E-state index in [0.717, 1.165) is 5.56 Å². The molecule has 0 unspecified atom stereocenters. The van der Waals surface area contributed by atoms with E-state index in [-0.39, 0.29) is 47.8 Å². The molecule has 39 heavy (non-hydrogen) atoms. The van der Waals surface area contributed by atoms with E-state index in [2.05, 4.69) is 15.1 Å². The number of nitrogens with zero attached hydrogens (tertiary/aromatic N) is 6. The van der Waals surface area contributed by atoms with Gasteiger partial charge in [0.25, 0.3) is 11.5 Å². The fourth-order valence-electron chi connectivity index (χ4n) is 4.94. The minimum absolute atomic E-state index is 0.0295. The van der Waals surface area contributed by atoms with Crippen LogP contribution in [0.3, 0.4) is 0 Å². The van der Waals surface area contributed by atoms with Crippen LogP contribution in [0.5, 0.6) is 0 Å². The molecule has 1 fully saturated rings. The fourth-order valence-corrected chi connectivity index (χ4v) is 4.94. The molecule has 0 aliphatic carbocycles. The third kappa shape index (κ3) is 4.84. The molecule has 0 bridgehead atoms. The number of piperidine rings is 1. The van der Waals surface area contributed by atoms with Crippen molar-refractivity contribution in [2.75, 3.05) is 13.1 Å². The smallest absolute Gasteiger partial charge is 0.276 e. The van der Waals surface area contributed by atoms with E-state index >= 15 is 0 Å². The molecular weight excluding hydrogens is 503 g/mol. The average Bonchev–Trinajstić information content (AvgIpc) is 3.59. The second kappa shape index (κ2) is 9.91. The van der Waals surface area contributed by atoms with Gasteiger partial charge in [-0.25, -0.2) is 19.0 Å². The Kier molecular flexibility index (Phi) is 6.27. The summed E-state index contributed by atoms with van der Waals surface area (Å²) in [5, 5.41) is 15.8. The molecule has 11 heteroatoms. The summed E-state index contributed by atoms with van der Waals surface area (Å²) in [5.41, 5.74) is 0.664. The van der Waals surface area contributed by atoms with Crippen LogP contribution in [0.15, 0.2) is 82.7 Å². The largest absolute Gasteiger partial charge is 0.447 e. The van der Waals surface area contributed by atoms with Crippen molar-refractivity contribution in [3.8, 4) is 5.69 Å². The van der Waals surface area contributed by atoms with E-state index in [1.54, 1.807) is 17.0 Å². The first-order valence-electron chi connectivity index (χ1n) is 12.6. The molecule has 4 heterocycles. The first-order chi connectivity index (χ1) is 18.9. The summed E-state index contributed by atoms with van der Waals surface area (Å²) in [6.07, 6.45) is 5.09. The Morgan fingerprint density at radius 3 is 2.54 bits per heavy atom. The molecule has 1 aliphatic rings. The highest BCUT2D eigenvalue weighted by atomic mass is 19.1. The quantitative estimate of drug-likeness (QED) is 0.360. The number of rotatable bonds is 6. The van der Waals surface area contributed by atoms with Crippen LogP contribution in [0.4, 0.5) is 4.39 Å². The van der Waals surface area contributed by atoms with Crippen molar-refractivity contribution in [1.82, 2.24) is 29.2 Å². The van der Waals surface area contributed by atoms with Crippen molar-refractivity contribution in [1.29, 1.82) is 0 Å². The maximum absolute atomic E-state index is 13.3. The molecule has 0 spiro atoms. The Hall–Kier alpha value is -4.64. The van der Waals surface area contributed by atoms with E-state index in [1.807, 2.05) is 30.3 Å². The number of aliphatic hydroxyl groups is 1. The zero-order valence-corrected chi connectivity index (χ0v) is 20.9. The standard InChI is InChI=1S/C28H25FN6O4/c29-20-6-8-21(9-7-20)35-25-22(15-32-35)26(36)34(17-30-25)16-28(38)10-12-33(13-11-28)27(37)24-23(39-18-31-24)14-19-4-2-1-3-5-19/h1-9,15,17-18,38H,10-14,16H2. The van der Waals surface area contributed by atoms with Crippen LogP contribution in [-0.2, 0) is 13.0 Å². The lowest BCUT2D eigenvalue weighted by Crippen LogP contribution is -2.49. The first kappa shape index (κ1) is 24.7. The molecule has 0 radical (unpaired) electrons. The number of likely N-dealkylation sites (tertiary alicyclic amines) is 1. The normalized spacial score (nSPS) is 15.1. The monoisotopic (exact) mass is 528 g/mol. The molecule has 3 aromatic heterocycles. The van der Waals surface area contributed by atoms with Gasteiger partial charge in [0.2, 0.25) is 0 Å². The number of carbonyl (C=O) groups excluding carboxylic acids is 1. The number of fused-ring (bicyclic) bond motifs is 1. The van der Waals surface area contributed by atoms with E-state index in [9.17, 15) is 19.1 Å². The third-order valence-electron chi connectivity index (χ3n) is 7.12.